The van der Waals surface area contributed by atoms with Gasteiger partial charge in [-0.05, 0) is 25.2 Å². The number of nitrogens with zero attached hydrogens (tertiary/aromatic N) is 2. The SMILES string of the molecule is CCCc1nc(S(N)(=O)=O)c2n1CCCC2C. The summed E-state index contributed by atoms with van der Waals surface area (Å²) in [7, 11) is -3.71. The van der Waals surface area contributed by atoms with E-state index in [0.29, 0.717) is 0 Å². The van der Waals surface area contributed by atoms with Gasteiger partial charge in [-0.15, -0.1) is 0 Å². The Morgan fingerprint density at radius 1 is 1.53 bits per heavy atom. The molecule has 96 valence electrons. The number of hydrogen-bond acceptors (Lipinski definition) is 3. The first-order chi connectivity index (χ1) is 7.95. The highest BCUT2D eigenvalue weighted by Crippen LogP contribution is 2.32. The third-order valence-electron chi connectivity index (χ3n) is 3.28. The van der Waals surface area contributed by atoms with Gasteiger partial charge in [-0.3, -0.25) is 0 Å². The lowest BCUT2D eigenvalue weighted by Crippen LogP contribution is -2.20. The van der Waals surface area contributed by atoms with E-state index < -0.39 is 10.0 Å². The number of primary sulfonamides is 1. The van der Waals surface area contributed by atoms with Crippen LogP contribution in [0.1, 0.15) is 50.5 Å². The number of sulfonamides is 1. The average Bonchev–Trinajstić information content (AvgIpc) is 2.59. The molecule has 1 aliphatic heterocycles. The quantitative estimate of drug-likeness (QED) is 0.888. The molecule has 1 atom stereocenters. The molecule has 0 aliphatic carbocycles. The zero-order valence-corrected chi connectivity index (χ0v) is 11.1. The Hall–Kier alpha value is -0.880. The van der Waals surface area contributed by atoms with Crippen LogP contribution in [-0.2, 0) is 23.0 Å². The zero-order valence-electron chi connectivity index (χ0n) is 10.3. The molecular weight excluding hydrogens is 238 g/mol. The fraction of sp³-hybridized carbons (Fsp3) is 0.727. The van der Waals surface area contributed by atoms with E-state index in [1.807, 2.05) is 6.92 Å². The molecule has 6 heteroatoms. The summed E-state index contributed by atoms with van der Waals surface area (Å²) in [4.78, 5) is 4.25. The second-order valence-corrected chi connectivity index (χ2v) is 6.19. The third-order valence-corrected chi connectivity index (χ3v) is 4.12. The van der Waals surface area contributed by atoms with Crippen molar-refractivity contribution in [3.8, 4) is 0 Å². The van der Waals surface area contributed by atoms with Gasteiger partial charge in [0.25, 0.3) is 10.0 Å². The van der Waals surface area contributed by atoms with Crippen LogP contribution in [0.5, 0.6) is 0 Å². The fourth-order valence-corrected chi connectivity index (χ4v) is 3.37. The van der Waals surface area contributed by atoms with E-state index in [-0.39, 0.29) is 10.9 Å². The van der Waals surface area contributed by atoms with E-state index in [4.69, 9.17) is 5.14 Å². The molecule has 17 heavy (non-hydrogen) atoms. The molecule has 0 saturated carbocycles. The number of aryl methyl sites for hydroxylation is 1. The van der Waals surface area contributed by atoms with Gasteiger partial charge in [0.15, 0.2) is 5.03 Å². The van der Waals surface area contributed by atoms with Gasteiger partial charge in [-0.25, -0.2) is 18.5 Å². The molecule has 2 rings (SSSR count). The van der Waals surface area contributed by atoms with Crippen LogP contribution in [0.4, 0.5) is 0 Å². The number of fused-ring (bicyclic) bond motifs is 1. The van der Waals surface area contributed by atoms with Gasteiger partial charge in [0.05, 0.1) is 5.69 Å². The standard InChI is InChI=1S/C11H19N3O2S/c1-3-5-9-13-11(17(12,15)16)10-8(2)6-4-7-14(9)10/h8H,3-7H2,1-2H3,(H2,12,15,16). The van der Waals surface area contributed by atoms with Crippen molar-refractivity contribution < 1.29 is 8.42 Å². The number of imidazole rings is 1. The number of rotatable bonds is 3. The van der Waals surface area contributed by atoms with Crippen LogP contribution < -0.4 is 5.14 Å². The van der Waals surface area contributed by atoms with E-state index in [1.54, 1.807) is 0 Å². The summed E-state index contributed by atoms with van der Waals surface area (Å²) in [6.45, 7) is 4.96. The highest BCUT2D eigenvalue weighted by Gasteiger charge is 2.29. The Morgan fingerprint density at radius 3 is 2.82 bits per heavy atom. The molecule has 0 saturated heterocycles. The molecule has 0 bridgehead atoms. The lowest BCUT2D eigenvalue weighted by Gasteiger charge is -2.22. The molecule has 1 aliphatic rings. The monoisotopic (exact) mass is 257 g/mol. The van der Waals surface area contributed by atoms with E-state index >= 15 is 0 Å². The minimum Gasteiger partial charge on any atom is -0.330 e. The van der Waals surface area contributed by atoms with E-state index in [0.717, 1.165) is 43.7 Å². The molecule has 0 fully saturated rings. The number of hydrogen-bond donors (Lipinski definition) is 1. The minimum absolute atomic E-state index is 0.0909. The summed E-state index contributed by atoms with van der Waals surface area (Å²) in [5.41, 5.74) is 0.808. The van der Waals surface area contributed by atoms with Crippen molar-refractivity contribution in [2.24, 2.45) is 5.14 Å². The highest BCUT2D eigenvalue weighted by molar-refractivity contribution is 7.89. The van der Waals surface area contributed by atoms with Crippen LogP contribution in [0.25, 0.3) is 0 Å². The first-order valence-corrected chi connectivity index (χ1v) is 7.62. The number of nitrogens with two attached hydrogens (primary N) is 1. The first-order valence-electron chi connectivity index (χ1n) is 6.07. The Morgan fingerprint density at radius 2 is 2.24 bits per heavy atom. The van der Waals surface area contributed by atoms with Crippen molar-refractivity contribution in [3.05, 3.63) is 11.5 Å². The summed E-state index contributed by atoms with van der Waals surface area (Å²) in [6, 6.07) is 0. The van der Waals surface area contributed by atoms with Gasteiger partial charge in [0.2, 0.25) is 0 Å². The Bertz CT molecular complexity index is 519. The molecular formula is C11H19N3O2S. The van der Waals surface area contributed by atoms with Gasteiger partial charge in [-0.2, -0.15) is 0 Å². The van der Waals surface area contributed by atoms with E-state index in [9.17, 15) is 8.42 Å². The van der Waals surface area contributed by atoms with Crippen molar-refractivity contribution in [2.45, 2.75) is 57.0 Å². The molecule has 1 unspecified atom stereocenters. The van der Waals surface area contributed by atoms with Crippen LogP contribution in [-0.4, -0.2) is 18.0 Å². The van der Waals surface area contributed by atoms with Crippen LogP contribution in [0.3, 0.4) is 0 Å². The second kappa shape index (κ2) is 4.42. The molecule has 0 amide bonds. The average molecular weight is 257 g/mol. The van der Waals surface area contributed by atoms with E-state index in [2.05, 4.69) is 16.5 Å². The topological polar surface area (TPSA) is 78.0 Å². The van der Waals surface area contributed by atoms with Crippen molar-refractivity contribution in [1.29, 1.82) is 0 Å². The maximum Gasteiger partial charge on any atom is 0.257 e. The lowest BCUT2D eigenvalue weighted by atomic mass is 9.98. The number of aromatic nitrogens is 2. The van der Waals surface area contributed by atoms with Gasteiger partial charge in [0.1, 0.15) is 5.82 Å². The Kier molecular flexibility index (Phi) is 3.27. The molecule has 2 heterocycles. The predicted octanol–water partition coefficient (Wildman–Crippen LogP) is 1.38. The largest absolute Gasteiger partial charge is 0.330 e. The lowest BCUT2D eigenvalue weighted by molar-refractivity contribution is 0.455. The molecule has 0 aromatic carbocycles. The Balaban J connectivity index is 2.61. The first kappa shape index (κ1) is 12.6. The normalized spacial score (nSPS) is 20.3. The molecule has 0 radical (unpaired) electrons. The molecule has 1 aromatic rings. The summed E-state index contributed by atoms with van der Waals surface area (Å²) >= 11 is 0. The minimum atomic E-state index is -3.71. The summed E-state index contributed by atoms with van der Waals surface area (Å²) in [6.07, 6.45) is 3.83. The Labute approximate surface area is 102 Å². The van der Waals surface area contributed by atoms with Gasteiger partial charge < -0.3 is 4.57 Å². The predicted molar refractivity (Wildman–Crippen MR) is 65.2 cm³/mol. The zero-order chi connectivity index (χ0) is 12.6. The molecule has 2 N–H and O–H groups in total. The highest BCUT2D eigenvalue weighted by atomic mass is 32.2. The molecule has 5 nitrogen and oxygen atoms in total. The van der Waals surface area contributed by atoms with Crippen LogP contribution in [0.15, 0.2) is 5.03 Å². The third kappa shape index (κ3) is 2.24. The maximum absolute atomic E-state index is 11.6. The summed E-state index contributed by atoms with van der Waals surface area (Å²) < 4.78 is 25.2. The maximum atomic E-state index is 11.6. The van der Waals surface area contributed by atoms with E-state index in [1.165, 1.54) is 0 Å². The fourth-order valence-electron chi connectivity index (χ4n) is 2.53. The molecule has 0 spiro atoms. The van der Waals surface area contributed by atoms with Crippen LogP contribution >= 0.6 is 0 Å². The van der Waals surface area contributed by atoms with Crippen molar-refractivity contribution in [3.63, 3.8) is 0 Å². The van der Waals surface area contributed by atoms with Crippen molar-refractivity contribution >= 4 is 10.0 Å². The van der Waals surface area contributed by atoms with Gasteiger partial charge in [-0.1, -0.05) is 13.8 Å². The smallest absolute Gasteiger partial charge is 0.257 e. The molecule has 1 aromatic heterocycles. The van der Waals surface area contributed by atoms with Crippen molar-refractivity contribution in [2.75, 3.05) is 0 Å². The van der Waals surface area contributed by atoms with Gasteiger partial charge in [0, 0.05) is 13.0 Å². The summed E-state index contributed by atoms with van der Waals surface area (Å²) in [5, 5.41) is 5.34. The van der Waals surface area contributed by atoms with Crippen LogP contribution in [0, 0.1) is 0 Å². The summed E-state index contributed by atoms with van der Waals surface area (Å²) in [5.74, 6) is 1.08. The van der Waals surface area contributed by atoms with Crippen LogP contribution in [0.2, 0.25) is 0 Å². The van der Waals surface area contributed by atoms with Crippen molar-refractivity contribution in [1.82, 2.24) is 9.55 Å². The van der Waals surface area contributed by atoms with Gasteiger partial charge >= 0.3 is 0 Å². The second-order valence-electron chi connectivity index (χ2n) is 4.71.